The summed E-state index contributed by atoms with van der Waals surface area (Å²) in [6.07, 6.45) is 4.14. The van der Waals surface area contributed by atoms with Gasteiger partial charge in [0.2, 0.25) is 5.89 Å². The molecule has 7 heteroatoms. The Morgan fingerprint density at radius 2 is 2.21 bits per heavy atom. The van der Waals surface area contributed by atoms with E-state index in [0.29, 0.717) is 24.1 Å². The highest BCUT2D eigenvalue weighted by Crippen LogP contribution is 2.21. The van der Waals surface area contributed by atoms with Gasteiger partial charge in [0.25, 0.3) is 5.89 Å². The maximum atomic E-state index is 5.78. The van der Waals surface area contributed by atoms with Crippen molar-refractivity contribution in [3.63, 3.8) is 0 Å². The van der Waals surface area contributed by atoms with E-state index in [2.05, 4.69) is 32.6 Å². The third-order valence-corrected chi connectivity index (χ3v) is 4.86. The largest absolute Gasteiger partial charge is 0.459 e. The molecule has 0 aliphatic carbocycles. The Morgan fingerprint density at radius 1 is 1.21 bits per heavy atom. The molecule has 3 aromatic rings. The lowest BCUT2D eigenvalue weighted by molar-refractivity contribution is 0.0652. The van der Waals surface area contributed by atoms with Crippen LogP contribution in [0.15, 0.2) is 44.7 Å². The van der Waals surface area contributed by atoms with Crippen molar-refractivity contribution in [1.82, 2.24) is 15.1 Å². The number of hydrogen-bond donors (Lipinski definition) is 0. The highest BCUT2D eigenvalue weighted by Gasteiger charge is 2.22. The van der Waals surface area contributed by atoms with Gasteiger partial charge in [0.1, 0.15) is 0 Å². The molecule has 6 nitrogen and oxygen atoms in total. The molecule has 0 spiro atoms. The fourth-order valence-electron chi connectivity index (χ4n) is 2.89. The SMILES string of the molecule is c1coc(-c2nnc(CN(Cc3cccs3)C[C@H]3CCCO3)o2)c1. The Balaban J connectivity index is 1.46. The Labute approximate surface area is 144 Å². The lowest BCUT2D eigenvalue weighted by Crippen LogP contribution is -2.31. The first kappa shape index (κ1) is 15.6. The molecule has 0 bridgehead atoms. The Hall–Kier alpha value is -1.96. The lowest BCUT2D eigenvalue weighted by atomic mass is 10.2. The molecule has 24 heavy (non-hydrogen) atoms. The molecule has 0 saturated carbocycles. The van der Waals surface area contributed by atoms with Crippen LogP contribution in [0.4, 0.5) is 0 Å². The molecule has 0 unspecified atom stereocenters. The van der Waals surface area contributed by atoms with Crippen LogP contribution in [0.5, 0.6) is 0 Å². The van der Waals surface area contributed by atoms with Gasteiger partial charge < -0.3 is 13.6 Å². The van der Waals surface area contributed by atoms with Crippen LogP contribution in [0.2, 0.25) is 0 Å². The first-order valence-electron chi connectivity index (χ1n) is 8.09. The lowest BCUT2D eigenvalue weighted by Gasteiger charge is -2.23. The van der Waals surface area contributed by atoms with Crippen molar-refractivity contribution < 1.29 is 13.6 Å². The van der Waals surface area contributed by atoms with Gasteiger partial charge in [-0.2, -0.15) is 0 Å². The molecule has 1 aliphatic heterocycles. The van der Waals surface area contributed by atoms with E-state index in [4.69, 9.17) is 13.6 Å². The van der Waals surface area contributed by atoms with Crippen molar-refractivity contribution in [1.29, 1.82) is 0 Å². The summed E-state index contributed by atoms with van der Waals surface area (Å²) in [4.78, 5) is 3.63. The summed E-state index contributed by atoms with van der Waals surface area (Å²) in [5.41, 5.74) is 0. The van der Waals surface area contributed by atoms with Gasteiger partial charge in [-0.25, -0.2) is 0 Å². The maximum absolute atomic E-state index is 5.78. The van der Waals surface area contributed by atoms with Crippen LogP contribution in [0.3, 0.4) is 0 Å². The summed E-state index contributed by atoms with van der Waals surface area (Å²) in [6, 6.07) is 7.84. The molecular formula is C17H19N3O3S. The minimum absolute atomic E-state index is 0.289. The van der Waals surface area contributed by atoms with Crippen LogP contribution in [0, 0.1) is 0 Å². The van der Waals surface area contributed by atoms with Gasteiger partial charge >= 0.3 is 0 Å². The second-order valence-corrected chi connectivity index (χ2v) is 6.89. The summed E-state index contributed by atoms with van der Waals surface area (Å²) < 4.78 is 16.8. The van der Waals surface area contributed by atoms with Crippen molar-refractivity contribution in [3.8, 4) is 11.7 Å². The minimum atomic E-state index is 0.289. The second kappa shape index (κ2) is 7.29. The van der Waals surface area contributed by atoms with Crippen molar-refractivity contribution in [3.05, 3.63) is 46.7 Å². The first-order valence-corrected chi connectivity index (χ1v) is 8.97. The van der Waals surface area contributed by atoms with Gasteiger partial charge in [-0.3, -0.25) is 4.90 Å². The van der Waals surface area contributed by atoms with E-state index in [1.807, 2.05) is 6.07 Å². The van der Waals surface area contributed by atoms with Crippen LogP contribution in [0.1, 0.15) is 23.6 Å². The molecule has 1 fully saturated rings. The van der Waals surface area contributed by atoms with Crippen LogP contribution in [-0.4, -0.2) is 34.4 Å². The molecular weight excluding hydrogens is 326 g/mol. The molecule has 1 atom stereocenters. The number of hydrogen-bond acceptors (Lipinski definition) is 7. The van der Waals surface area contributed by atoms with Crippen LogP contribution in [0.25, 0.3) is 11.7 Å². The number of rotatable bonds is 7. The normalized spacial score (nSPS) is 17.8. The number of thiophene rings is 1. The summed E-state index contributed by atoms with van der Waals surface area (Å²) in [5, 5.41) is 10.3. The molecule has 0 N–H and O–H groups in total. The molecule has 1 saturated heterocycles. The van der Waals surface area contributed by atoms with Crippen LogP contribution in [-0.2, 0) is 17.8 Å². The zero-order valence-electron chi connectivity index (χ0n) is 13.3. The summed E-state index contributed by atoms with van der Waals surface area (Å²) >= 11 is 1.76. The highest BCUT2D eigenvalue weighted by atomic mass is 32.1. The number of nitrogens with zero attached hydrogens (tertiary/aromatic N) is 3. The van der Waals surface area contributed by atoms with Crippen molar-refractivity contribution in [2.24, 2.45) is 0 Å². The third kappa shape index (κ3) is 3.75. The Bertz CT molecular complexity index is 733. The fourth-order valence-corrected chi connectivity index (χ4v) is 3.64. The van der Waals surface area contributed by atoms with E-state index in [9.17, 15) is 0 Å². The Kier molecular flexibility index (Phi) is 4.73. The number of furan rings is 1. The van der Waals surface area contributed by atoms with Gasteiger partial charge in [-0.15, -0.1) is 21.5 Å². The van der Waals surface area contributed by atoms with Gasteiger partial charge in [-0.1, -0.05) is 6.07 Å². The zero-order valence-corrected chi connectivity index (χ0v) is 14.1. The molecule has 4 heterocycles. The zero-order chi connectivity index (χ0) is 16.2. The van der Waals surface area contributed by atoms with E-state index < -0.39 is 0 Å². The standard InChI is InChI=1S/C17H19N3O3S/c1-4-13(21-7-1)10-20(11-14-5-3-9-24-14)12-16-18-19-17(23-16)15-6-2-8-22-15/h2-3,5-6,8-9,13H,1,4,7,10-12H2/t13-/m1/s1. The molecule has 4 rings (SSSR count). The van der Waals surface area contributed by atoms with Crippen molar-refractivity contribution in [2.45, 2.75) is 32.0 Å². The quantitative estimate of drug-likeness (QED) is 0.652. The number of aromatic nitrogens is 2. The highest BCUT2D eigenvalue weighted by molar-refractivity contribution is 7.09. The monoisotopic (exact) mass is 345 g/mol. The van der Waals surface area contributed by atoms with Crippen LogP contribution < -0.4 is 0 Å². The molecule has 126 valence electrons. The van der Waals surface area contributed by atoms with E-state index in [0.717, 1.165) is 32.5 Å². The summed E-state index contributed by atoms with van der Waals surface area (Å²) in [6.45, 7) is 3.19. The predicted octanol–water partition coefficient (Wildman–Crippen LogP) is 3.57. The summed E-state index contributed by atoms with van der Waals surface area (Å²) in [7, 11) is 0. The predicted molar refractivity (Wildman–Crippen MR) is 89.4 cm³/mol. The van der Waals surface area contributed by atoms with E-state index in [1.54, 1.807) is 23.7 Å². The molecule has 0 aromatic carbocycles. The van der Waals surface area contributed by atoms with Gasteiger partial charge in [0.15, 0.2) is 5.76 Å². The molecule has 3 aromatic heterocycles. The van der Waals surface area contributed by atoms with E-state index in [-0.39, 0.29) is 6.10 Å². The smallest absolute Gasteiger partial charge is 0.283 e. The van der Waals surface area contributed by atoms with Crippen LogP contribution >= 0.6 is 11.3 Å². The first-order chi connectivity index (χ1) is 11.9. The average Bonchev–Trinajstić information content (AvgIpc) is 3.37. The van der Waals surface area contributed by atoms with Gasteiger partial charge in [0.05, 0.1) is 18.9 Å². The fraction of sp³-hybridized carbons (Fsp3) is 0.412. The van der Waals surface area contributed by atoms with E-state index in [1.165, 1.54) is 4.88 Å². The summed E-state index contributed by atoms with van der Waals surface area (Å²) in [5.74, 6) is 1.61. The van der Waals surface area contributed by atoms with Crippen molar-refractivity contribution in [2.75, 3.05) is 13.2 Å². The topological polar surface area (TPSA) is 64.5 Å². The van der Waals surface area contributed by atoms with Gasteiger partial charge in [-0.05, 0) is 36.4 Å². The molecule has 0 radical (unpaired) electrons. The Morgan fingerprint density at radius 3 is 2.96 bits per heavy atom. The number of ether oxygens (including phenoxy) is 1. The average molecular weight is 345 g/mol. The molecule has 0 amide bonds. The maximum Gasteiger partial charge on any atom is 0.283 e. The minimum Gasteiger partial charge on any atom is -0.459 e. The third-order valence-electron chi connectivity index (χ3n) is 4.00. The molecule has 1 aliphatic rings. The van der Waals surface area contributed by atoms with E-state index >= 15 is 0 Å². The van der Waals surface area contributed by atoms with Gasteiger partial charge in [0, 0.05) is 24.6 Å². The second-order valence-electron chi connectivity index (χ2n) is 5.86. The van der Waals surface area contributed by atoms with Crippen molar-refractivity contribution >= 4 is 11.3 Å².